The molecule has 0 aromatic heterocycles. The average Bonchev–Trinajstić information content (AvgIpc) is 2.62. The molecule has 5 N–H and O–H groups in total. The number of hydrogen-bond acceptors (Lipinski definition) is 6. The molecule has 28 heavy (non-hydrogen) atoms. The third kappa shape index (κ3) is 6.13. The molecule has 1 aromatic carbocycles. The Morgan fingerprint density at radius 1 is 0.964 bits per heavy atom. The van der Waals surface area contributed by atoms with E-state index in [0.717, 1.165) is 12.1 Å². The number of carboxylic acids is 3. The topological polar surface area (TPSA) is 175 Å². The van der Waals surface area contributed by atoms with Crippen molar-refractivity contribution in [1.29, 1.82) is 0 Å². The molecule has 1 aromatic rings. The Kier molecular flexibility index (Phi) is 8.20. The molecule has 11 heteroatoms. The molecule has 0 saturated heterocycles. The van der Waals surface area contributed by atoms with E-state index in [-0.39, 0.29) is 4.90 Å². The van der Waals surface area contributed by atoms with Gasteiger partial charge in [-0.3, -0.25) is 24.1 Å². The molecule has 0 spiro atoms. The van der Waals surface area contributed by atoms with Gasteiger partial charge in [-0.2, -0.15) is 0 Å². The van der Waals surface area contributed by atoms with Crippen molar-refractivity contribution in [2.75, 3.05) is 0 Å². The Balaban J connectivity index is 3.23. The van der Waals surface area contributed by atoms with Crippen LogP contribution in [0.5, 0.6) is 0 Å². The fourth-order valence-electron chi connectivity index (χ4n) is 2.34. The summed E-state index contributed by atoms with van der Waals surface area (Å²) in [5.74, 6) is -7.81. The monoisotopic (exact) mass is 398 g/mol. The lowest BCUT2D eigenvalue weighted by molar-refractivity contribution is -0.149. The molecule has 0 fully saturated rings. The van der Waals surface area contributed by atoms with Gasteiger partial charge in [-0.25, -0.2) is 9.18 Å². The third-order valence-electron chi connectivity index (χ3n) is 3.81. The molecule has 0 heterocycles. The molecule has 1 rings (SSSR count). The standard InChI is InChI=1S/C17H19FN2O8/c18-10-4-2-1-3-9(10)15(24)20(12(17(27)28)6-8-14(22)23)13(21)7-5-11(19)16(25)26/h1-4,11-12H,5-8,19H2,(H,22,23)(H,25,26)(H,27,28)/t11-,12+/m0/s1. The Morgan fingerprint density at radius 3 is 2.07 bits per heavy atom. The van der Waals surface area contributed by atoms with Gasteiger partial charge in [0, 0.05) is 12.8 Å². The van der Waals surface area contributed by atoms with Crippen LogP contribution in [-0.2, 0) is 19.2 Å². The maximum atomic E-state index is 14.0. The minimum Gasteiger partial charge on any atom is -0.481 e. The van der Waals surface area contributed by atoms with Gasteiger partial charge in [-0.15, -0.1) is 0 Å². The Hall–Kier alpha value is -3.34. The summed E-state index contributed by atoms with van der Waals surface area (Å²) in [6, 6.07) is 1.24. The van der Waals surface area contributed by atoms with Gasteiger partial charge in [0.1, 0.15) is 17.9 Å². The van der Waals surface area contributed by atoms with E-state index in [1.807, 2.05) is 0 Å². The fraction of sp³-hybridized carbons (Fsp3) is 0.353. The van der Waals surface area contributed by atoms with E-state index in [2.05, 4.69) is 0 Å². The Bertz CT molecular complexity index is 782. The molecular weight excluding hydrogens is 379 g/mol. The van der Waals surface area contributed by atoms with Crippen LogP contribution in [0.4, 0.5) is 4.39 Å². The van der Waals surface area contributed by atoms with Crippen molar-refractivity contribution in [1.82, 2.24) is 4.90 Å². The summed E-state index contributed by atoms with van der Waals surface area (Å²) in [4.78, 5) is 58.6. The first-order valence-electron chi connectivity index (χ1n) is 8.10. The summed E-state index contributed by atoms with van der Waals surface area (Å²) in [5, 5.41) is 26.9. The second-order valence-electron chi connectivity index (χ2n) is 5.82. The van der Waals surface area contributed by atoms with Crippen LogP contribution in [0.25, 0.3) is 0 Å². The molecule has 152 valence electrons. The number of carbonyl (C=O) groups excluding carboxylic acids is 2. The van der Waals surface area contributed by atoms with Crippen LogP contribution in [0, 0.1) is 5.82 Å². The molecule has 0 saturated carbocycles. The number of benzene rings is 1. The van der Waals surface area contributed by atoms with Crippen molar-refractivity contribution in [3.63, 3.8) is 0 Å². The molecule has 0 radical (unpaired) electrons. The van der Waals surface area contributed by atoms with Crippen molar-refractivity contribution >= 4 is 29.7 Å². The number of halogens is 1. The largest absolute Gasteiger partial charge is 0.481 e. The zero-order chi connectivity index (χ0) is 21.4. The highest BCUT2D eigenvalue weighted by Crippen LogP contribution is 2.18. The van der Waals surface area contributed by atoms with E-state index in [4.69, 9.17) is 15.9 Å². The van der Waals surface area contributed by atoms with Crippen LogP contribution in [-0.4, -0.2) is 62.0 Å². The highest BCUT2D eigenvalue weighted by atomic mass is 19.1. The van der Waals surface area contributed by atoms with Crippen LogP contribution < -0.4 is 5.73 Å². The van der Waals surface area contributed by atoms with Crippen LogP contribution in [0.15, 0.2) is 24.3 Å². The molecule has 10 nitrogen and oxygen atoms in total. The van der Waals surface area contributed by atoms with Gasteiger partial charge < -0.3 is 21.1 Å². The normalized spacial score (nSPS) is 12.6. The van der Waals surface area contributed by atoms with E-state index in [1.54, 1.807) is 0 Å². The number of nitrogens with two attached hydrogens (primary N) is 1. The van der Waals surface area contributed by atoms with Gasteiger partial charge in [0.2, 0.25) is 5.91 Å². The summed E-state index contributed by atoms with van der Waals surface area (Å²) in [7, 11) is 0. The van der Waals surface area contributed by atoms with Crippen molar-refractivity contribution in [2.24, 2.45) is 5.73 Å². The van der Waals surface area contributed by atoms with Crippen LogP contribution in [0.1, 0.15) is 36.0 Å². The maximum absolute atomic E-state index is 14.0. The van der Waals surface area contributed by atoms with Crippen LogP contribution >= 0.6 is 0 Å². The number of imide groups is 1. The quantitative estimate of drug-likeness (QED) is 0.432. The van der Waals surface area contributed by atoms with Gasteiger partial charge in [0.25, 0.3) is 5.91 Å². The van der Waals surface area contributed by atoms with Crippen molar-refractivity contribution < 1.29 is 43.7 Å². The number of rotatable bonds is 10. The predicted molar refractivity (Wildman–Crippen MR) is 90.7 cm³/mol. The number of hydrogen-bond donors (Lipinski definition) is 4. The van der Waals surface area contributed by atoms with Crippen LogP contribution in [0.3, 0.4) is 0 Å². The number of carboxylic acid groups (broad SMARTS) is 3. The first kappa shape index (κ1) is 22.7. The molecule has 0 aliphatic carbocycles. The minimum absolute atomic E-state index is 0.248. The zero-order valence-electron chi connectivity index (χ0n) is 14.6. The minimum atomic E-state index is -1.88. The summed E-state index contributed by atoms with van der Waals surface area (Å²) in [6.45, 7) is 0. The van der Waals surface area contributed by atoms with E-state index in [9.17, 15) is 33.5 Å². The summed E-state index contributed by atoms with van der Waals surface area (Å²) in [6.07, 6.45) is -2.29. The number of amides is 2. The first-order valence-corrected chi connectivity index (χ1v) is 8.10. The van der Waals surface area contributed by atoms with Crippen molar-refractivity contribution in [2.45, 2.75) is 37.8 Å². The fourth-order valence-corrected chi connectivity index (χ4v) is 2.34. The number of nitrogens with zero attached hydrogens (tertiary/aromatic N) is 1. The summed E-state index contributed by atoms with van der Waals surface area (Å²) < 4.78 is 14.0. The highest BCUT2D eigenvalue weighted by molar-refractivity contribution is 6.07. The highest BCUT2D eigenvalue weighted by Gasteiger charge is 2.36. The Morgan fingerprint density at radius 2 is 1.57 bits per heavy atom. The van der Waals surface area contributed by atoms with E-state index < -0.39 is 78.9 Å². The molecule has 0 unspecified atom stereocenters. The molecule has 2 atom stereocenters. The van der Waals surface area contributed by atoms with Crippen molar-refractivity contribution in [3.8, 4) is 0 Å². The summed E-state index contributed by atoms with van der Waals surface area (Å²) in [5.41, 5.74) is 4.72. The lowest BCUT2D eigenvalue weighted by Gasteiger charge is -2.27. The van der Waals surface area contributed by atoms with Gasteiger partial charge >= 0.3 is 17.9 Å². The van der Waals surface area contributed by atoms with Gasteiger partial charge in [-0.05, 0) is 25.0 Å². The SMILES string of the molecule is N[C@@H](CCC(=O)N(C(=O)c1ccccc1F)[C@H](CCC(=O)O)C(=O)O)C(=O)O. The lowest BCUT2D eigenvalue weighted by atomic mass is 10.0. The zero-order valence-corrected chi connectivity index (χ0v) is 14.6. The van der Waals surface area contributed by atoms with E-state index in [0.29, 0.717) is 0 Å². The second kappa shape index (κ2) is 10.1. The van der Waals surface area contributed by atoms with E-state index >= 15 is 0 Å². The average molecular weight is 398 g/mol. The number of aliphatic carboxylic acids is 3. The van der Waals surface area contributed by atoms with Crippen molar-refractivity contribution in [3.05, 3.63) is 35.6 Å². The molecule has 0 aliphatic heterocycles. The van der Waals surface area contributed by atoms with Crippen LogP contribution in [0.2, 0.25) is 0 Å². The van der Waals surface area contributed by atoms with E-state index in [1.165, 1.54) is 12.1 Å². The molecule has 0 aliphatic rings. The summed E-state index contributed by atoms with van der Waals surface area (Å²) >= 11 is 0. The van der Waals surface area contributed by atoms with Gasteiger partial charge in [0.05, 0.1) is 5.56 Å². The second-order valence-corrected chi connectivity index (χ2v) is 5.82. The Labute approximate surface area is 158 Å². The smallest absolute Gasteiger partial charge is 0.326 e. The maximum Gasteiger partial charge on any atom is 0.326 e. The first-order chi connectivity index (χ1) is 13.1. The molecular formula is C17H19FN2O8. The molecule has 0 bridgehead atoms. The van der Waals surface area contributed by atoms with Gasteiger partial charge in [-0.1, -0.05) is 12.1 Å². The predicted octanol–water partition coefficient (Wildman–Crippen LogP) is 0.305. The number of carbonyl (C=O) groups is 5. The molecule has 2 amide bonds. The van der Waals surface area contributed by atoms with Gasteiger partial charge in [0.15, 0.2) is 0 Å². The third-order valence-corrected chi connectivity index (χ3v) is 3.81. The lowest BCUT2D eigenvalue weighted by Crippen LogP contribution is -2.49.